The van der Waals surface area contributed by atoms with Crippen LogP contribution in [0, 0.1) is 11.8 Å². The van der Waals surface area contributed by atoms with Crippen molar-refractivity contribution in [2.24, 2.45) is 11.8 Å². The molecule has 2 atom stereocenters. The van der Waals surface area contributed by atoms with Gasteiger partial charge in [0.25, 0.3) is 0 Å². The van der Waals surface area contributed by atoms with Crippen molar-refractivity contribution in [2.45, 2.75) is 13.1 Å². The van der Waals surface area contributed by atoms with Gasteiger partial charge in [-0.15, -0.1) is 0 Å². The van der Waals surface area contributed by atoms with Crippen LogP contribution in [0.4, 0.5) is 18.0 Å². The van der Waals surface area contributed by atoms with Crippen LogP contribution in [0.5, 0.6) is 0 Å². The van der Waals surface area contributed by atoms with Gasteiger partial charge in [0.1, 0.15) is 0 Å². The molecule has 0 bridgehead atoms. The third-order valence-electron chi connectivity index (χ3n) is 2.55. The van der Waals surface area contributed by atoms with Gasteiger partial charge in [-0.1, -0.05) is 6.92 Å². The normalized spacial score (nSPS) is 24.8. The molecule has 1 aliphatic heterocycles. The van der Waals surface area contributed by atoms with Gasteiger partial charge in [0.05, 0.1) is 5.92 Å². The van der Waals surface area contributed by atoms with E-state index in [4.69, 9.17) is 5.11 Å². The second kappa shape index (κ2) is 4.80. The maximum absolute atomic E-state index is 11.8. The van der Waals surface area contributed by atoms with Gasteiger partial charge >= 0.3 is 18.2 Å². The summed E-state index contributed by atoms with van der Waals surface area (Å²) in [5.74, 6) is -2.12. The number of rotatable bonds is 2. The van der Waals surface area contributed by atoms with E-state index in [0.717, 1.165) is 4.90 Å². The molecule has 0 aromatic heterocycles. The topological polar surface area (TPSA) is 66.8 Å². The number of aliphatic carboxylic acids is 1. The number of halogens is 3. The predicted octanol–water partition coefficient (Wildman–Crippen LogP) is 1.34. The molecular weight excluding hydrogens is 243 g/mol. The highest BCUT2D eigenvalue weighted by atomic mass is 19.4. The molecule has 1 saturated heterocycles. The van der Waals surface area contributed by atoms with Crippen LogP contribution < -0.4 is 0 Å². The molecule has 0 aliphatic carbocycles. The average Bonchev–Trinajstić information content (AvgIpc) is 2.55. The first kappa shape index (κ1) is 13.6. The summed E-state index contributed by atoms with van der Waals surface area (Å²) >= 11 is 0. The highest BCUT2D eigenvalue weighted by Crippen LogP contribution is 2.24. The Morgan fingerprint density at radius 3 is 2.41 bits per heavy atom. The first-order chi connectivity index (χ1) is 7.70. The molecule has 17 heavy (non-hydrogen) atoms. The van der Waals surface area contributed by atoms with Crippen molar-refractivity contribution in [3.8, 4) is 0 Å². The van der Waals surface area contributed by atoms with E-state index in [-0.39, 0.29) is 19.0 Å². The van der Waals surface area contributed by atoms with Gasteiger partial charge < -0.3 is 14.7 Å². The van der Waals surface area contributed by atoms with Gasteiger partial charge in [0.2, 0.25) is 0 Å². The van der Waals surface area contributed by atoms with Crippen molar-refractivity contribution < 1.29 is 32.6 Å². The summed E-state index contributed by atoms with van der Waals surface area (Å²) in [5.41, 5.74) is 0. The number of likely N-dealkylation sites (tertiary alicyclic amines) is 1. The number of ether oxygens (including phenoxy) is 1. The van der Waals surface area contributed by atoms with Gasteiger partial charge in [-0.2, -0.15) is 13.2 Å². The number of amides is 1. The summed E-state index contributed by atoms with van der Waals surface area (Å²) in [7, 11) is 0. The minimum Gasteiger partial charge on any atom is -0.481 e. The molecule has 0 aromatic carbocycles. The summed E-state index contributed by atoms with van der Waals surface area (Å²) < 4.78 is 39.4. The highest BCUT2D eigenvalue weighted by molar-refractivity contribution is 5.74. The van der Waals surface area contributed by atoms with E-state index in [1.54, 1.807) is 6.92 Å². The van der Waals surface area contributed by atoms with Crippen LogP contribution >= 0.6 is 0 Å². The van der Waals surface area contributed by atoms with Crippen molar-refractivity contribution >= 4 is 12.1 Å². The molecule has 0 spiro atoms. The zero-order valence-corrected chi connectivity index (χ0v) is 9.03. The minimum atomic E-state index is -4.58. The third kappa shape index (κ3) is 3.79. The maximum atomic E-state index is 11.8. The van der Waals surface area contributed by atoms with Crippen LogP contribution in [0.15, 0.2) is 0 Å². The number of carbonyl (C=O) groups excluding carboxylic acids is 1. The monoisotopic (exact) mass is 255 g/mol. The van der Waals surface area contributed by atoms with Crippen molar-refractivity contribution in [3.63, 3.8) is 0 Å². The van der Waals surface area contributed by atoms with Gasteiger partial charge in [0, 0.05) is 13.1 Å². The first-order valence-corrected chi connectivity index (χ1v) is 4.92. The molecule has 1 aliphatic rings. The third-order valence-corrected chi connectivity index (χ3v) is 2.55. The number of alkyl halides is 3. The molecule has 1 N–H and O–H groups in total. The molecule has 1 fully saturated rings. The second-order valence-corrected chi connectivity index (χ2v) is 4.00. The van der Waals surface area contributed by atoms with Crippen molar-refractivity contribution in [1.82, 2.24) is 4.90 Å². The van der Waals surface area contributed by atoms with Gasteiger partial charge in [-0.05, 0) is 5.92 Å². The van der Waals surface area contributed by atoms with E-state index in [1.165, 1.54) is 0 Å². The molecule has 1 amide bonds. The van der Waals surface area contributed by atoms with Crippen molar-refractivity contribution in [3.05, 3.63) is 0 Å². The first-order valence-electron chi connectivity index (χ1n) is 4.92. The van der Waals surface area contributed by atoms with E-state index in [2.05, 4.69) is 4.74 Å². The molecule has 8 heteroatoms. The Morgan fingerprint density at radius 1 is 1.41 bits per heavy atom. The lowest BCUT2D eigenvalue weighted by molar-refractivity contribution is -0.162. The Balaban J connectivity index is 2.48. The van der Waals surface area contributed by atoms with Crippen molar-refractivity contribution in [1.29, 1.82) is 0 Å². The molecule has 0 saturated carbocycles. The minimum absolute atomic E-state index is 0.0909. The largest absolute Gasteiger partial charge is 0.481 e. The Labute approximate surface area is 95.1 Å². The number of hydrogen-bond acceptors (Lipinski definition) is 3. The summed E-state index contributed by atoms with van der Waals surface area (Å²) in [6.07, 6.45) is -5.70. The number of hydrogen-bond donors (Lipinski definition) is 1. The number of carboxylic acid groups (broad SMARTS) is 1. The van der Waals surface area contributed by atoms with Gasteiger partial charge in [0.15, 0.2) is 6.61 Å². The van der Waals surface area contributed by atoms with Crippen LogP contribution in [0.1, 0.15) is 6.92 Å². The molecule has 98 valence electrons. The summed E-state index contributed by atoms with van der Waals surface area (Å²) in [4.78, 5) is 22.9. The maximum Gasteiger partial charge on any atom is 0.422 e. The van der Waals surface area contributed by atoms with Crippen LogP contribution in [-0.4, -0.2) is 47.9 Å². The van der Waals surface area contributed by atoms with Gasteiger partial charge in [-0.3, -0.25) is 4.79 Å². The fourth-order valence-corrected chi connectivity index (χ4v) is 1.67. The lowest BCUT2D eigenvalue weighted by atomic mass is 9.99. The van der Waals surface area contributed by atoms with E-state index >= 15 is 0 Å². The Bertz CT molecular complexity index is 318. The number of carboxylic acids is 1. The lowest BCUT2D eigenvalue weighted by Crippen LogP contribution is -2.33. The molecule has 0 radical (unpaired) electrons. The SMILES string of the molecule is C[C@@H]1CN(C(=O)OCC(F)(F)F)C[C@H]1C(=O)O. The second-order valence-electron chi connectivity index (χ2n) is 4.00. The fraction of sp³-hybridized carbons (Fsp3) is 0.778. The summed E-state index contributed by atoms with van der Waals surface area (Å²) in [6, 6.07) is 0. The zero-order chi connectivity index (χ0) is 13.2. The fourth-order valence-electron chi connectivity index (χ4n) is 1.67. The molecular formula is C9H12F3NO4. The Morgan fingerprint density at radius 2 is 2.00 bits per heavy atom. The molecule has 5 nitrogen and oxygen atoms in total. The smallest absolute Gasteiger partial charge is 0.422 e. The van der Waals surface area contributed by atoms with Crippen LogP contribution in [0.25, 0.3) is 0 Å². The standard InChI is InChI=1S/C9H12F3NO4/c1-5-2-13(3-6(5)7(14)15)8(16)17-4-9(10,11)12/h5-6H,2-4H2,1H3,(H,14,15)/t5-,6-/m1/s1. The molecule has 0 aromatic rings. The van der Waals surface area contributed by atoms with E-state index in [0.29, 0.717) is 0 Å². The van der Waals surface area contributed by atoms with E-state index in [1.807, 2.05) is 0 Å². The number of carbonyl (C=O) groups is 2. The van der Waals surface area contributed by atoms with Gasteiger partial charge in [-0.25, -0.2) is 4.79 Å². The number of nitrogens with zero attached hydrogens (tertiary/aromatic N) is 1. The molecule has 0 unspecified atom stereocenters. The highest BCUT2D eigenvalue weighted by Gasteiger charge is 2.39. The van der Waals surface area contributed by atoms with Crippen molar-refractivity contribution in [2.75, 3.05) is 19.7 Å². The predicted molar refractivity (Wildman–Crippen MR) is 49.3 cm³/mol. The van der Waals surface area contributed by atoms with Crippen LogP contribution in [0.2, 0.25) is 0 Å². The average molecular weight is 255 g/mol. The molecule has 1 rings (SSSR count). The Hall–Kier alpha value is -1.47. The Kier molecular flexibility index (Phi) is 3.84. The summed E-state index contributed by atoms with van der Waals surface area (Å²) in [5, 5.41) is 8.78. The van der Waals surface area contributed by atoms with E-state index in [9.17, 15) is 22.8 Å². The zero-order valence-electron chi connectivity index (χ0n) is 9.03. The quantitative estimate of drug-likeness (QED) is 0.808. The summed E-state index contributed by atoms with van der Waals surface area (Å²) in [6.45, 7) is -0.0644. The van der Waals surface area contributed by atoms with Crippen LogP contribution in [0.3, 0.4) is 0 Å². The lowest BCUT2D eigenvalue weighted by Gasteiger charge is -2.16. The van der Waals surface area contributed by atoms with Crippen LogP contribution in [-0.2, 0) is 9.53 Å². The van der Waals surface area contributed by atoms with E-state index < -0.39 is 30.8 Å². The molecule has 1 heterocycles.